The molecule has 0 atom stereocenters. The summed E-state index contributed by atoms with van der Waals surface area (Å²) >= 11 is 0. The van der Waals surface area contributed by atoms with Gasteiger partial charge in [0.1, 0.15) is 11.2 Å². The zero-order valence-electron chi connectivity index (χ0n) is 9.03. The van der Waals surface area contributed by atoms with Crippen LogP contribution >= 0.6 is 0 Å². The van der Waals surface area contributed by atoms with Crippen LogP contribution < -0.4 is 5.46 Å². The van der Waals surface area contributed by atoms with Gasteiger partial charge in [0, 0.05) is 10.8 Å². The third-order valence-electron chi connectivity index (χ3n) is 2.91. The molecular formula is C13H11BO2. The zero-order chi connectivity index (χ0) is 11.1. The second-order valence-corrected chi connectivity index (χ2v) is 4.05. The van der Waals surface area contributed by atoms with Gasteiger partial charge in [-0.2, -0.15) is 0 Å². The zero-order valence-corrected chi connectivity index (χ0v) is 9.03. The Bertz CT molecular complexity index is 670. The van der Waals surface area contributed by atoms with Gasteiger partial charge in [-0.15, -0.1) is 0 Å². The molecule has 0 spiro atoms. The molecule has 78 valence electrons. The van der Waals surface area contributed by atoms with Crippen molar-refractivity contribution in [3.05, 3.63) is 42.0 Å². The molecule has 2 nitrogen and oxygen atoms in total. The molecule has 0 aliphatic heterocycles. The molecule has 1 aromatic heterocycles. The lowest BCUT2D eigenvalue weighted by atomic mass is 9.85. The largest absolute Gasteiger partial charge is 0.456 e. The smallest absolute Gasteiger partial charge is 0.305 e. The number of furan rings is 1. The van der Waals surface area contributed by atoms with E-state index in [1.807, 2.05) is 30.3 Å². The quantitative estimate of drug-likeness (QED) is 0.622. The number of benzene rings is 2. The molecular weight excluding hydrogens is 199 g/mol. The molecule has 2 aromatic carbocycles. The van der Waals surface area contributed by atoms with E-state index in [9.17, 15) is 5.02 Å². The first-order chi connectivity index (χ1) is 7.79. The van der Waals surface area contributed by atoms with Crippen molar-refractivity contribution in [1.29, 1.82) is 0 Å². The van der Waals surface area contributed by atoms with Gasteiger partial charge in [-0.05, 0) is 30.6 Å². The van der Waals surface area contributed by atoms with Gasteiger partial charge in [0.15, 0.2) is 0 Å². The summed E-state index contributed by atoms with van der Waals surface area (Å²) in [6.07, 6.45) is 0. The maximum atomic E-state index is 9.34. The first kappa shape index (κ1) is 9.49. The summed E-state index contributed by atoms with van der Waals surface area (Å²) in [5.41, 5.74) is 3.83. The van der Waals surface area contributed by atoms with E-state index in [4.69, 9.17) is 4.42 Å². The Labute approximate surface area is 93.8 Å². The van der Waals surface area contributed by atoms with Crippen molar-refractivity contribution in [3.63, 3.8) is 0 Å². The molecule has 0 bridgehead atoms. The van der Waals surface area contributed by atoms with Crippen LogP contribution in [0.25, 0.3) is 21.9 Å². The molecule has 3 heteroatoms. The Morgan fingerprint density at radius 3 is 2.81 bits per heavy atom. The fourth-order valence-electron chi connectivity index (χ4n) is 2.15. The average Bonchev–Trinajstić information content (AvgIpc) is 2.66. The highest BCUT2D eigenvalue weighted by Crippen LogP contribution is 2.27. The molecule has 3 rings (SSSR count). The maximum absolute atomic E-state index is 9.34. The first-order valence-corrected chi connectivity index (χ1v) is 5.31. The normalized spacial score (nSPS) is 11.1. The highest BCUT2D eigenvalue weighted by atomic mass is 16.3. The molecule has 0 saturated heterocycles. The molecule has 16 heavy (non-hydrogen) atoms. The molecule has 0 saturated carbocycles. The third kappa shape index (κ3) is 1.25. The maximum Gasteiger partial charge on any atom is 0.305 e. The second kappa shape index (κ2) is 3.39. The van der Waals surface area contributed by atoms with Crippen LogP contribution in [-0.4, -0.2) is 12.5 Å². The fraction of sp³-hybridized carbons (Fsp3) is 0.0769. The minimum Gasteiger partial charge on any atom is -0.456 e. The van der Waals surface area contributed by atoms with Gasteiger partial charge in [0.2, 0.25) is 0 Å². The Morgan fingerprint density at radius 2 is 2.00 bits per heavy atom. The monoisotopic (exact) mass is 210 g/mol. The SMILES string of the molecule is Cc1ccc2oc3cccc(BO)c3c2c1. The lowest BCUT2D eigenvalue weighted by Crippen LogP contribution is -2.13. The van der Waals surface area contributed by atoms with E-state index in [2.05, 4.69) is 13.0 Å². The van der Waals surface area contributed by atoms with Crippen molar-refractivity contribution in [2.24, 2.45) is 0 Å². The summed E-state index contributed by atoms with van der Waals surface area (Å²) in [6, 6.07) is 11.9. The van der Waals surface area contributed by atoms with E-state index in [1.165, 1.54) is 5.56 Å². The van der Waals surface area contributed by atoms with Crippen LogP contribution in [0.3, 0.4) is 0 Å². The van der Waals surface area contributed by atoms with Crippen molar-refractivity contribution < 1.29 is 9.44 Å². The average molecular weight is 210 g/mol. The van der Waals surface area contributed by atoms with Crippen LogP contribution in [0.4, 0.5) is 0 Å². The Balaban J connectivity index is 2.54. The van der Waals surface area contributed by atoms with Crippen LogP contribution in [0.2, 0.25) is 0 Å². The minimum absolute atomic E-state index is 0.0416. The summed E-state index contributed by atoms with van der Waals surface area (Å²) in [5, 5.41) is 11.5. The lowest BCUT2D eigenvalue weighted by Gasteiger charge is -1.97. The minimum atomic E-state index is 0.0416. The van der Waals surface area contributed by atoms with Gasteiger partial charge in [0.05, 0.1) is 0 Å². The van der Waals surface area contributed by atoms with Gasteiger partial charge in [-0.1, -0.05) is 23.8 Å². The van der Waals surface area contributed by atoms with E-state index in [0.717, 1.165) is 27.4 Å². The summed E-state index contributed by atoms with van der Waals surface area (Å²) in [7, 11) is 0.0416. The van der Waals surface area contributed by atoms with Crippen LogP contribution in [0.5, 0.6) is 0 Å². The summed E-state index contributed by atoms with van der Waals surface area (Å²) in [4.78, 5) is 0. The Morgan fingerprint density at radius 1 is 1.12 bits per heavy atom. The third-order valence-corrected chi connectivity index (χ3v) is 2.91. The van der Waals surface area contributed by atoms with Crippen molar-refractivity contribution >= 4 is 34.9 Å². The van der Waals surface area contributed by atoms with Crippen LogP contribution in [-0.2, 0) is 0 Å². The molecule has 3 aromatic rings. The van der Waals surface area contributed by atoms with Crippen LogP contribution in [0.1, 0.15) is 5.56 Å². The lowest BCUT2D eigenvalue weighted by molar-refractivity contribution is 0.615. The number of aryl methyl sites for hydroxylation is 1. The standard InChI is InChI=1S/C13H11BO2/c1-8-5-6-11-9(7-8)13-10(14-15)3-2-4-12(13)16-11/h2-7,14-15H,1H3. The van der Waals surface area contributed by atoms with Crippen molar-refractivity contribution in [1.82, 2.24) is 0 Å². The molecule has 1 heterocycles. The Hall–Kier alpha value is -1.74. The van der Waals surface area contributed by atoms with Gasteiger partial charge in [-0.25, -0.2) is 0 Å². The van der Waals surface area contributed by atoms with E-state index < -0.39 is 0 Å². The van der Waals surface area contributed by atoms with Gasteiger partial charge >= 0.3 is 7.48 Å². The Kier molecular flexibility index (Phi) is 2.01. The summed E-state index contributed by atoms with van der Waals surface area (Å²) in [5.74, 6) is 0. The van der Waals surface area contributed by atoms with Crippen LogP contribution in [0, 0.1) is 6.92 Å². The summed E-state index contributed by atoms with van der Waals surface area (Å²) < 4.78 is 5.74. The number of fused-ring (bicyclic) bond motifs is 3. The highest BCUT2D eigenvalue weighted by Gasteiger charge is 2.10. The van der Waals surface area contributed by atoms with Gasteiger partial charge < -0.3 is 9.44 Å². The van der Waals surface area contributed by atoms with Gasteiger partial charge in [0.25, 0.3) is 0 Å². The molecule has 0 aliphatic rings. The van der Waals surface area contributed by atoms with Crippen LogP contribution in [0.15, 0.2) is 40.8 Å². The van der Waals surface area contributed by atoms with Crippen molar-refractivity contribution in [3.8, 4) is 0 Å². The first-order valence-electron chi connectivity index (χ1n) is 5.31. The van der Waals surface area contributed by atoms with E-state index >= 15 is 0 Å². The van der Waals surface area contributed by atoms with E-state index in [0.29, 0.717) is 0 Å². The molecule has 0 amide bonds. The number of hydrogen-bond donors (Lipinski definition) is 1. The molecule has 1 N–H and O–H groups in total. The summed E-state index contributed by atoms with van der Waals surface area (Å²) in [6.45, 7) is 2.06. The number of rotatable bonds is 1. The molecule has 0 unspecified atom stereocenters. The van der Waals surface area contributed by atoms with Gasteiger partial charge in [-0.3, -0.25) is 0 Å². The topological polar surface area (TPSA) is 33.4 Å². The second-order valence-electron chi connectivity index (χ2n) is 4.05. The molecule has 0 aliphatic carbocycles. The van der Waals surface area contributed by atoms with E-state index in [1.54, 1.807) is 0 Å². The number of hydrogen-bond acceptors (Lipinski definition) is 2. The molecule has 0 fully saturated rings. The fourth-order valence-corrected chi connectivity index (χ4v) is 2.15. The predicted octanol–water partition coefficient (Wildman–Crippen LogP) is 1.86. The highest BCUT2D eigenvalue weighted by molar-refractivity contribution is 6.51. The van der Waals surface area contributed by atoms with E-state index in [-0.39, 0.29) is 7.48 Å². The predicted molar refractivity (Wildman–Crippen MR) is 67.5 cm³/mol. The van der Waals surface area contributed by atoms with Crippen molar-refractivity contribution in [2.45, 2.75) is 6.92 Å². The molecule has 0 radical (unpaired) electrons. The van der Waals surface area contributed by atoms with Crippen molar-refractivity contribution in [2.75, 3.05) is 0 Å².